The molecule has 0 bridgehead atoms. The van der Waals surface area contributed by atoms with Crippen molar-refractivity contribution in [2.24, 2.45) is 0 Å². The van der Waals surface area contributed by atoms with Crippen LogP contribution in [0.2, 0.25) is 0 Å². The average Bonchev–Trinajstić information content (AvgIpc) is 2.27. The van der Waals surface area contributed by atoms with Gasteiger partial charge in [0.2, 0.25) is 5.91 Å². The van der Waals surface area contributed by atoms with Crippen LogP contribution in [0.5, 0.6) is 0 Å². The summed E-state index contributed by atoms with van der Waals surface area (Å²) in [5, 5.41) is 0. The van der Waals surface area contributed by atoms with Gasteiger partial charge >= 0.3 is 6.18 Å². The summed E-state index contributed by atoms with van der Waals surface area (Å²) >= 11 is 0. The molecule has 0 aliphatic carbocycles. The van der Waals surface area contributed by atoms with Gasteiger partial charge in [-0.05, 0) is 26.9 Å². The van der Waals surface area contributed by atoms with E-state index in [9.17, 15) is 18.0 Å². The van der Waals surface area contributed by atoms with Crippen molar-refractivity contribution in [3.8, 4) is 0 Å². The molecule has 0 aromatic heterocycles. The fourth-order valence-electron chi connectivity index (χ4n) is 1.98. The van der Waals surface area contributed by atoms with Crippen LogP contribution in [-0.4, -0.2) is 68.3 Å². The maximum absolute atomic E-state index is 11.8. The summed E-state index contributed by atoms with van der Waals surface area (Å²) in [6.07, 6.45) is -2.69. The molecule has 0 N–H and O–H groups in total. The second kappa shape index (κ2) is 6.38. The third-order valence-electron chi connectivity index (χ3n) is 3.04. The molecular weight excluding hydrogens is 249 g/mol. The molecule has 1 aliphatic heterocycles. The number of amides is 1. The van der Waals surface area contributed by atoms with Crippen molar-refractivity contribution in [1.29, 1.82) is 0 Å². The SMILES string of the molecule is CN(C)C1CCN(C(=O)COCC(F)(F)F)CC1. The molecule has 0 saturated carbocycles. The molecule has 4 nitrogen and oxygen atoms in total. The number of piperidine rings is 1. The lowest BCUT2D eigenvalue weighted by molar-refractivity contribution is -0.178. The molecule has 0 spiro atoms. The van der Waals surface area contributed by atoms with Crippen LogP contribution in [0.3, 0.4) is 0 Å². The number of likely N-dealkylation sites (tertiary alicyclic amines) is 1. The standard InChI is InChI=1S/C11H19F3N2O2/c1-15(2)9-3-5-16(6-4-9)10(17)7-18-8-11(12,13)14/h9H,3-8H2,1-2H3. The highest BCUT2D eigenvalue weighted by Gasteiger charge is 2.29. The van der Waals surface area contributed by atoms with Crippen molar-refractivity contribution in [2.75, 3.05) is 40.4 Å². The highest BCUT2D eigenvalue weighted by atomic mass is 19.4. The van der Waals surface area contributed by atoms with Crippen LogP contribution < -0.4 is 0 Å². The first kappa shape index (κ1) is 15.2. The van der Waals surface area contributed by atoms with Crippen LogP contribution in [0.1, 0.15) is 12.8 Å². The molecule has 1 saturated heterocycles. The predicted molar refractivity (Wildman–Crippen MR) is 60.2 cm³/mol. The van der Waals surface area contributed by atoms with E-state index in [1.165, 1.54) is 0 Å². The smallest absolute Gasteiger partial charge is 0.362 e. The number of hydrogen-bond donors (Lipinski definition) is 0. The van der Waals surface area contributed by atoms with E-state index in [1.54, 1.807) is 4.90 Å². The lowest BCUT2D eigenvalue weighted by atomic mass is 10.0. The van der Waals surface area contributed by atoms with E-state index in [0.29, 0.717) is 19.1 Å². The van der Waals surface area contributed by atoms with Crippen molar-refractivity contribution in [2.45, 2.75) is 25.1 Å². The Kier molecular flexibility index (Phi) is 5.40. The first-order chi connectivity index (χ1) is 8.29. The van der Waals surface area contributed by atoms with Gasteiger partial charge in [0.25, 0.3) is 0 Å². The summed E-state index contributed by atoms with van der Waals surface area (Å²) in [5.74, 6) is -0.364. The molecule has 7 heteroatoms. The topological polar surface area (TPSA) is 32.8 Å². The maximum atomic E-state index is 11.8. The van der Waals surface area contributed by atoms with Gasteiger partial charge in [0, 0.05) is 19.1 Å². The summed E-state index contributed by atoms with van der Waals surface area (Å²) in [6, 6.07) is 0.435. The molecule has 0 radical (unpaired) electrons. The van der Waals surface area contributed by atoms with Crippen molar-refractivity contribution >= 4 is 5.91 Å². The van der Waals surface area contributed by atoms with Gasteiger partial charge in [-0.2, -0.15) is 13.2 Å². The predicted octanol–water partition coefficient (Wildman–Crippen LogP) is 1.12. The number of hydrogen-bond acceptors (Lipinski definition) is 3. The second-order valence-corrected chi connectivity index (χ2v) is 4.68. The Hall–Kier alpha value is -0.820. The molecule has 18 heavy (non-hydrogen) atoms. The van der Waals surface area contributed by atoms with E-state index in [4.69, 9.17) is 0 Å². The van der Waals surface area contributed by atoms with Crippen LogP contribution in [0.4, 0.5) is 13.2 Å². The number of alkyl halides is 3. The maximum Gasteiger partial charge on any atom is 0.411 e. The molecule has 0 aromatic rings. The first-order valence-corrected chi connectivity index (χ1v) is 5.88. The minimum atomic E-state index is -4.38. The number of halogens is 3. The third-order valence-corrected chi connectivity index (χ3v) is 3.04. The molecule has 1 amide bonds. The largest absolute Gasteiger partial charge is 0.411 e. The lowest BCUT2D eigenvalue weighted by Gasteiger charge is -2.35. The normalized spacial score (nSPS) is 18.4. The quantitative estimate of drug-likeness (QED) is 0.766. The van der Waals surface area contributed by atoms with Gasteiger partial charge in [-0.15, -0.1) is 0 Å². The summed E-state index contributed by atoms with van der Waals surface area (Å²) in [6.45, 7) is -0.701. The number of ether oxygens (including phenoxy) is 1. The lowest BCUT2D eigenvalue weighted by Crippen LogP contribution is -2.45. The van der Waals surface area contributed by atoms with Gasteiger partial charge in [0.15, 0.2) is 0 Å². The van der Waals surface area contributed by atoms with E-state index >= 15 is 0 Å². The van der Waals surface area contributed by atoms with Gasteiger partial charge in [-0.3, -0.25) is 4.79 Å². The molecule has 1 heterocycles. The van der Waals surface area contributed by atoms with Crippen LogP contribution >= 0.6 is 0 Å². The average molecular weight is 268 g/mol. The molecule has 1 aliphatic rings. The van der Waals surface area contributed by atoms with Crippen molar-refractivity contribution in [3.05, 3.63) is 0 Å². The summed E-state index contributed by atoms with van der Waals surface area (Å²) < 4.78 is 39.9. The number of nitrogens with zero attached hydrogens (tertiary/aromatic N) is 2. The van der Waals surface area contributed by atoms with E-state index in [2.05, 4.69) is 9.64 Å². The zero-order chi connectivity index (χ0) is 13.8. The van der Waals surface area contributed by atoms with Crippen molar-refractivity contribution in [3.63, 3.8) is 0 Å². The molecule has 0 aromatic carbocycles. The molecule has 106 valence electrons. The van der Waals surface area contributed by atoms with Crippen LogP contribution in [-0.2, 0) is 9.53 Å². The van der Waals surface area contributed by atoms with Crippen molar-refractivity contribution in [1.82, 2.24) is 9.80 Å². The van der Waals surface area contributed by atoms with Gasteiger partial charge < -0.3 is 14.5 Å². The van der Waals surface area contributed by atoms with Crippen molar-refractivity contribution < 1.29 is 22.7 Å². The second-order valence-electron chi connectivity index (χ2n) is 4.68. The van der Waals surface area contributed by atoms with E-state index in [-0.39, 0.29) is 5.91 Å². The van der Waals surface area contributed by atoms with Gasteiger partial charge in [0.05, 0.1) is 0 Å². The molecule has 1 rings (SSSR count). The number of rotatable bonds is 4. The summed E-state index contributed by atoms with van der Waals surface area (Å²) in [7, 11) is 3.96. The number of carbonyl (C=O) groups is 1. The molecule has 0 atom stereocenters. The Morgan fingerprint density at radius 1 is 1.33 bits per heavy atom. The van der Waals surface area contributed by atoms with E-state index in [0.717, 1.165) is 12.8 Å². The summed E-state index contributed by atoms with van der Waals surface area (Å²) in [4.78, 5) is 15.2. The summed E-state index contributed by atoms with van der Waals surface area (Å²) in [5.41, 5.74) is 0. The number of carbonyl (C=O) groups excluding carboxylic acids is 1. The Bertz CT molecular complexity index is 274. The molecule has 0 unspecified atom stereocenters. The molecule has 1 fully saturated rings. The highest BCUT2D eigenvalue weighted by Crippen LogP contribution is 2.16. The zero-order valence-electron chi connectivity index (χ0n) is 10.7. The zero-order valence-corrected chi connectivity index (χ0v) is 10.7. The monoisotopic (exact) mass is 268 g/mol. The van der Waals surface area contributed by atoms with E-state index < -0.39 is 19.4 Å². The van der Waals surface area contributed by atoms with Crippen LogP contribution in [0, 0.1) is 0 Å². The third kappa shape index (κ3) is 5.22. The minimum absolute atomic E-state index is 0.364. The first-order valence-electron chi connectivity index (χ1n) is 5.88. The fourth-order valence-corrected chi connectivity index (χ4v) is 1.98. The van der Waals surface area contributed by atoms with Crippen LogP contribution in [0.25, 0.3) is 0 Å². The van der Waals surface area contributed by atoms with Gasteiger partial charge in [-0.25, -0.2) is 0 Å². The molecular formula is C11H19F3N2O2. The van der Waals surface area contributed by atoms with E-state index in [1.807, 2.05) is 14.1 Å². The van der Waals surface area contributed by atoms with Gasteiger partial charge in [-0.1, -0.05) is 0 Å². The fraction of sp³-hybridized carbons (Fsp3) is 0.909. The van der Waals surface area contributed by atoms with Gasteiger partial charge in [0.1, 0.15) is 13.2 Å². The Morgan fingerprint density at radius 2 is 1.89 bits per heavy atom. The Labute approximate surface area is 105 Å². The van der Waals surface area contributed by atoms with Crippen LogP contribution in [0.15, 0.2) is 0 Å². The Morgan fingerprint density at radius 3 is 2.33 bits per heavy atom. The minimum Gasteiger partial charge on any atom is -0.362 e. The highest BCUT2D eigenvalue weighted by molar-refractivity contribution is 5.77. The Balaban J connectivity index is 2.24.